The maximum Gasteiger partial charge on any atom is 0.321 e. The highest BCUT2D eigenvalue weighted by Gasteiger charge is 2.40. The molecule has 1 fully saturated rings. The number of aliphatic carboxylic acids is 1. The summed E-state index contributed by atoms with van der Waals surface area (Å²) >= 11 is 0.938. The first-order valence-corrected chi connectivity index (χ1v) is 6.41. The van der Waals surface area contributed by atoms with Crippen LogP contribution in [0.15, 0.2) is 0 Å². The van der Waals surface area contributed by atoms with E-state index >= 15 is 0 Å². The van der Waals surface area contributed by atoms with Gasteiger partial charge in [-0.1, -0.05) is 9.59 Å². The summed E-state index contributed by atoms with van der Waals surface area (Å²) in [7, 11) is 0. The van der Waals surface area contributed by atoms with Gasteiger partial charge in [0.15, 0.2) is 0 Å². The highest BCUT2D eigenvalue weighted by Crippen LogP contribution is 2.30. The molecule has 0 unspecified atom stereocenters. The molecule has 0 saturated carbocycles. The molecule has 104 valence electrons. The first-order valence-electron chi connectivity index (χ1n) is 5.63. The van der Waals surface area contributed by atoms with Crippen molar-refractivity contribution in [2.75, 3.05) is 25.1 Å². The number of carbonyl (C=O) groups is 2. The Hall–Kier alpha value is -1.81. The van der Waals surface area contributed by atoms with Crippen LogP contribution < -0.4 is 10.6 Å². The van der Waals surface area contributed by atoms with Crippen LogP contribution in [0.2, 0.25) is 0 Å². The van der Waals surface area contributed by atoms with Gasteiger partial charge in [0.2, 0.25) is 5.13 Å². The van der Waals surface area contributed by atoms with Crippen molar-refractivity contribution in [1.82, 2.24) is 20.1 Å². The van der Waals surface area contributed by atoms with Crippen molar-refractivity contribution < 1.29 is 19.4 Å². The Morgan fingerprint density at radius 2 is 2.16 bits per heavy atom. The molecule has 0 atom stereocenters. The van der Waals surface area contributed by atoms with E-state index in [1.807, 2.05) is 0 Å². The highest BCUT2D eigenvalue weighted by molar-refractivity contribution is 7.09. The van der Waals surface area contributed by atoms with Crippen LogP contribution in [-0.2, 0) is 9.53 Å². The van der Waals surface area contributed by atoms with Crippen molar-refractivity contribution in [1.29, 1.82) is 0 Å². The predicted molar refractivity (Wildman–Crippen MR) is 64.8 cm³/mol. The molecule has 9 nitrogen and oxygen atoms in total. The first kappa shape index (κ1) is 13.6. The minimum atomic E-state index is -0.963. The molecule has 0 aromatic carbocycles. The number of carboxylic acid groups (broad SMARTS) is 1. The largest absolute Gasteiger partial charge is 0.481 e. The van der Waals surface area contributed by atoms with Crippen molar-refractivity contribution in [2.24, 2.45) is 5.41 Å². The summed E-state index contributed by atoms with van der Waals surface area (Å²) in [6.45, 7) is 0.815. The number of carbonyl (C=O) groups excluding carboxylic acids is 1. The van der Waals surface area contributed by atoms with E-state index in [2.05, 4.69) is 25.4 Å². The minimum Gasteiger partial charge on any atom is -0.481 e. The van der Waals surface area contributed by atoms with Gasteiger partial charge in [0.25, 0.3) is 0 Å². The lowest BCUT2D eigenvalue weighted by Crippen LogP contribution is -2.47. The number of hydrogen-bond acceptors (Lipinski definition) is 7. The molecule has 19 heavy (non-hydrogen) atoms. The molecule has 0 aliphatic carbocycles. The maximum atomic E-state index is 11.6. The van der Waals surface area contributed by atoms with E-state index in [0.717, 1.165) is 11.5 Å². The van der Waals surface area contributed by atoms with Crippen molar-refractivity contribution >= 4 is 28.7 Å². The fourth-order valence-electron chi connectivity index (χ4n) is 1.80. The highest BCUT2D eigenvalue weighted by atomic mass is 32.1. The molecule has 2 amide bonds. The van der Waals surface area contributed by atoms with Crippen LogP contribution in [0.25, 0.3) is 0 Å². The molecule has 1 aliphatic heterocycles. The van der Waals surface area contributed by atoms with Crippen LogP contribution in [0.3, 0.4) is 0 Å². The molecule has 3 N–H and O–H groups in total. The number of amides is 2. The van der Waals surface area contributed by atoms with Gasteiger partial charge in [-0.05, 0) is 18.1 Å². The normalized spacial score (nSPS) is 17.7. The summed E-state index contributed by atoms with van der Waals surface area (Å²) in [6.07, 6.45) is 0.756. The summed E-state index contributed by atoms with van der Waals surface area (Å²) in [6, 6.07) is -0.523. The van der Waals surface area contributed by atoms with Crippen molar-refractivity contribution in [2.45, 2.75) is 12.8 Å². The lowest BCUT2D eigenvalue weighted by Gasteiger charge is -2.32. The SMILES string of the molecule is O=C(NCC1(C(=O)O)CCOCC1)Nc1nnns1. The fourth-order valence-corrected chi connectivity index (χ4v) is 2.16. The monoisotopic (exact) mass is 287 g/mol. The molecule has 0 spiro atoms. The quantitative estimate of drug-likeness (QED) is 0.707. The van der Waals surface area contributed by atoms with Gasteiger partial charge in [-0.3, -0.25) is 10.1 Å². The van der Waals surface area contributed by atoms with E-state index in [1.165, 1.54) is 0 Å². The number of urea groups is 1. The molecular formula is C9H13N5O4S. The van der Waals surface area contributed by atoms with Crippen molar-refractivity contribution in [3.05, 3.63) is 0 Å². The number of anilines is 1. The molecule has 2 rings (SSSR count). The van der Waals surface area contributed by atoms with Gasteiger partial charge < -0.3 is 15.2 Å². The number of carboxylic acids is 1. The van der Waals surface area contributed by atoms with E-state index in [9.17, 15) is 14.7 Å². The molecular weight excluding hydrogens is 274 g/mol. The zero-order valence-corrected chi connectivity index (χ0v) is 10.8. The summed E-state index contributed by atoms with van der Waals surface area (Å²) in [4.78, 5) is 22.9. The van der Waals surface area contributed by atoms with Crippen molar-refractivity contribution in [3.63, 3.8) is 0 Å². The van der Waals surface area contributed by atoms with Gasteiger partial charge in [-0.25, -0.2) is 4.79 Å². The third kappa shape index (κ3) is 3.35. The molecule has 0 bridgehead atoms. The van der Waals surface area contributed by atoms with E-state index in [1.54, 1.807) is 0 Å². The van der Waals surface area contributed by atoms with Gasteiger partial charge in [0.1, 0.15) is 0 Å². The molecule has 1 aromatic rings. The second-order valence-corrected chi connectivity index (χ2v) is 4.91. The number of rotatable bonds is 4. The third-order valence-electron chi connectivity index (χ3n) is 3.01. The predicted octanol–water partition coefficient (Wildman–Crippen LogP) is -0.0640. The lowest BCUT2D eigenvalue weighted by molar-refractivity contribution is -0.154. The smallest absolute Gasteiger partial charge is 0.321 e. The van der Waals surface area contributed by atoms with E-state index in [4.69, 9.17) is 4.74 Å². The number of ether oxygens (including phenoxy) is 1. The Morgan fingerprint density at radius 1 is 1.42 bits per heavy atom. The second kappa shape index (κ2) is 5.89. The topological polar surface area (TPSA) is 126 Å². The Morgan fingerprint density at radius 3 is 2.74 bits per heavy atom. The molecule has 10 heteroatoms. The van der Waals surface area contributed by atoms with Crippen LogP contribution in [0, 0.1) is 5.41 Å². The van der Waals surface area contributed by atoms with Gasteiger partial charge in [0.05, 0.1) is 5.41 Å². The van der Waals surface area contributed by atoms with Crippen LogP contribution in [0.5, 0.6) is 0 Å². The Labute approximate surface area is 112 Å². The fraction of sp³-hybridized carbons (Fsp3) is 0.667. The average Bonchev–Trinajstić information content (AvgIpc) is 2.90. The van der Waals surface area contributed by atoms with Crippen LogP contribution in [0.4, 0.5) is 9.93 Å². The Balaban J connectivity index is 1.88. The lowest BCUT2D eigenvalue weighted by atomic mass is 9.80. The Bertz CT molecular complexity index is 445. The van der Waals surface area contributed by atoms with E-state index in [0.29, 0.717) is 26.1 Å². The number of hydrogen-bond donors (Lipinski definition) is 3. The summed E-state index contributed by atoms with van der Waals surface area (Å²) in [5, 5.41) is 21.4. The standard InChI is InChI=1S/C9H13N5O4S/c15-6(16)9(1-3-18-4-2-9)5-10-7(17)11-8-12-13-14-19-8/h1-5H2,(H,15,16)(H2,10,11,12,14,17). The van der Waals surface area contributed by atoms with Crippen LogP contribution in [0.1, 0.15) is 12.8 Å². The maximum absolute atomic E-state index is 11.6. The molecule has 1 saturated heterocycles. The number of aromatic nitrogens is 3. The average molecular weight is 287 g/mol. The van der Waals surface area contributed by atoms with Gasteiger partial charge >= 0.3 is 12.0 Å². The van der Waals surface area contributed by atoms with Gasteiger partial charge in [0, 0.05) is 31.3 Å². The third-order valence-corrected chi connectivity index (χ3v) is 3.52. The summed E-state index contributed by atoms with van der Waals surface area (Å²) in [5.74, 6) is -0.923. The Kier molecular flexibility index (Phi) is 4.22. The van der Waals surface area contributed by atoms with Crippen LogP contribution in [-0.4, -0.2) is 51.7 Å². The molecule has 1 aromatic heterocycles. The first-order chi connectivity index (χ1) is 9.12. The zero-order valence-electron chi connectivity index (χ0n) is 9.96. The van der Waals surface area contributed by atoms with E-state index < -0.39 is 17.4 Å². The van der Waals surface area contributed by atoms with Crippen molar-refractivity contribution in [3.8, 4) is 0 Å². The number of nitrogens with zero attached hydrogens (tertiary/aromatic N) is 3. The van der Waals surface area contributed by atoms with Crippen LogP contribution >= 0.6 is 11.5 Å². The summed E-state index contributed by atoms with van der Waals surface area (Å²) in [5.41, 5.74) is -0.963. The van der Waals surface area contributed by atoms with Gasteiger partial charge in [-0.15, -0.1) is 0 Å². The molecule has 1 aliphatic rings. The summed E-state index contributed by atoms with van der Waals surface area (Å²) < 4.78 is 8.64. The zero-order chi connectivity index (χ0) is 13.7. The molecule has 2 heterocycles. The second-order valence-electron chi connectivity index (χ2n) is 4.17. The van der Waals surface area contributed by atoms with E-state index in [-0.39, 0.29) is 11.7 Å². The molecule has 0 radical (unpaired) electrons. The van der Waals surface area contributed by atoms with Gasteiger partial charge in [-0.2, -0.15) is 0 Å². The number of nitrogens with one attached hydrogen (secondary N) is 2. The minimum absolute atomic E-state index is 0.0454.